The fourth-order valence-corrected chi connectivity index (χ4v) is 6.61. The number of carbonyl (C=O) groups is 1. The first-order chi connectivity index (χ1) is 17.7. The molecule has 0 saturated carbocycles. The maximum atomic E-state index is 13.4. The van der Waals surface area contributed by atoms with Gasteiger partial charge in [-0.3, -0.25) is 9.52 Å². The van der Waals surface area contributed by atoms with E-state index < -0.39 is 22.0 Å². The molecule has 0 radical (unpaired) electrons. The topological polar surface area (TPSA) is 99.6 Å². The number of aliphatic hydroxyl groups is 1. The molecule has 0 unspecified atom stereocenters. The van der Waals surface area contributed by atoms with Gasteiger partial charge in [-0.2, -0.15) is 0 Å². The Morgan fingerprint density at radius 3 is 2.43 bits per heavy atom. The van der Waals surface area contributed by atoms with E-state index in [0.29, 0.717) is 16.8 Å². The number of sulfonamides is 1. The molecule has 1 aromatic heterocycles. The number of nitrogens with one attached hydrogen (secondary N) is 1. The molecule has 11 heteroatoms. The number of alkyl halides is 2. The Morgan fingerprint density at radius 2 is 1.73 bits per heavy atom. The van der Waals surface area contributed by atoms with Gasteiger partial charge < -0.3 is 10.0 Å². The second-order valence-electron chi connectivity index (χ2n) is 8.85. The van der Waals surface area contributed by atoms with Crippen LogP contribution in [0.25, 0.3) is 10.2 Å². The minimum Gasteiger partial charge on any atom is -0.385 e. The predicted octanol–water partition coefficient (Wildman–Crippen LogP) is 5.16. The van der Waals surface area contributed by atoms with E-state index in [1.807, 2.05) is 0 Å². The molecule has 7 nitrogen and oxygen atoms in total. The monoisotopic (exact) mass is 543 g/mol. The van der Waals surface area contributed by atoms with Gasteiger partial charge in [0.1, 0.15) is 10.4 Å². The molecule has 3 aromatic carbocycles. The highest BCUT2D eigenvalue weighted by atomic mass is 32.2. The van der Waals surface area contributed by atoms with Gasteiger partial charge in [-0.05, 0) is 54.8 Å². The van der Waals surface area contributed by atoms with Crippen LogP contribution in [-0.4, -0.2) is 42.4 Å². The summed E-state index contributed by atoms with van der Waals surface area (Å²) in [4.78, 5) is 18.8. The highest BCUT2D eigenvalue weighted by Gasteiger charge is 2.38. The lowest BCUT2D eigenvalue weighted by molar-refractivity contribution is -0.0239. The number of piperidine rings is 1. The Labute approximate surface area is 216 Å². The molecule has 0 spiro atoms. The molecular weight excluding hydrogens is 520 g/mol. The van der Waals surface area contributed by atoms with Crippen LogP contribution in [0, 0.1) is 0 Å². The lowest BCUT2D eigenvalue weighted by Gasteiger charge is -2.39. The molecule has 4 aromatic rings. The van der Waals surface area contributed by atoms with Gasteiger partial charge >= 0.3 is 0 Å². The van der Waals surface area contributed by atoms with Crippen LogP contribution in [0.5, 0.6) is 0 Å². The molecule has 1 saturated heterocycles. The zero-order valence-corrected chi connectivity index (χ0v) is 21.1. The van der Waals surface area contributed by atoms with E-state index in [1.54, 1.807) is 28.6 Å². The first-order valence-electron chi connectivity index (χ1n) is 11.5. The van der Waals surface area contributed by atoms with Crippen LogP contribution in [0.3, 0.4) is 0 Å². The van der Waals surface area contributed by atoms with Crippen LogP contribution in [0.1, 0.15) is 40.8 Å². The molecule has 1 aliphatic rings. The number of carbonyl (C=O) groups excluding carboxylic acids is 1. The van der Waals surface area contributed by atoms with Crippen molar-refractivity contribution >= 4 is 43.2 Å². The van der Waals surface area contributed by atoms with Crippen LogP contribution < -0.4 is 4.72 Å². The van der Waals surface area contributed by atoms with E-state index in [4.69, 9.17) is 0 Å². The Balaban J connectivity index is 1.27. The molecule has 2 heterocycles. The Morgan fingerprint density at radius 1 is 1.03 bits per heavy atom. The minimum absolute atomic E-state index is 0.0700. The SMILES string of the molecule is O=C(c1ccc(NS(=O)(=O)c2cccc3scnc23)cc1)N1CCC(O)(c2ccccc2C(F)F)CC1. The van der Waals surface area contributed by atoms with Gasteiger partial charge in [0.15, 0.2) is 0 Å². The van der Waals surface area contributed by atoms with Crippen molar-refractivity contribution in [2.75, 3.05) is 17.8 Å². The quantitative estimate of drug-likeness (QED) is 0.350. The molecule has 0 atom stereocenters. The number of amides is 1. The molecule has 1 aliphatic heterocycles. The lowest BCUT2D eigenvalue weighted by atomic mass is 9.82. The summed E-state index contributed by atoms with van der Waals surface area (Å²) in [6.07, 6.45) is -2.45. The van der Waals surface area contributed by atoms with Gasteiger partial charge in [-0.25, -0.2) is 22.2 Å². The minimum atomic E-state index is -3.89. The Kier molecular flexibility index (Phi) is 6.69. The number of likely N-dealkylation sites (tertiary alicyclic amines) is 1. The third-order valence-corrected chi connectivity index (χ3v) is 8.78. The molecule has 37 heavy (non-hydrogen) atoms. The van der Waals surface area contributed by atoms with E-state index in [1.165, 1.54) is 59.9 Å². The number of halogens is 2. The van der Waals surface area contributed by atoms with Gasteiger partial charge in [-0.15, -0.1) is 11.3 Å². The van der Waals surface area contributed by atoms with Gasteiger partial charge in [0, 0.05) is 29.9 Å². The fraction of sp³-hybridized carbons (Fsp3) is 0.231. The molecule has 0 bridgehead atoms. The van der Waals surface area contributed by atoms with E-state index in [0.717, 1.165) is 4.70 Å². The lowest BCUT2D eigenvalue weighted by Crippen LogP contribution is -2.45. The first kappa shape index (κ1) is 25.2. The average Bonchev–Trinajstić information content (AvgIpc) is 3.38. The molecule has 5 rings (SSSR count). The zero-order chi connectivity index (χ0) is 26.2. The van der Waals surface area contributed by atoms with E-state index in [9.17, 15) is 27.1 Å². The number of aromatic nitrogens is 1. The largest absolute Gasteiger partial charge is 0.385 e. The van der Waals surface area contributed by atoms with Crippen molar-refractivity contribution in [2.24, 2.45) is 0 Å². The van der Waals surface area contributed by atoms with Crippen LogP contribution in [0.15, 0.2) is 77.1 Å². The average molecular weight is 544 g/mol. The van der Waals surface area contributed by atoms with Crippen LogP contribution in [-0.2, 0) is 15.6 Å². The molecule has 1 fully saturated rings. The van der Waals surface area contributed by atoms with Gasteiger partial charge in [-0.1, -0.05) is 30.3 Å². The van der Waals surface area contributed by atoms with Crippen LogP contribution >= 0.6 is 11.3 Å². The number of para-hydroxylation sites is 1. The number of anilines is 1. The molecule has 2 N–H and O–H groups in total. The van der Waals surface area contributed by atoms with Gasteiger partial charge in [0.2, 0.25) is 0 Å². The second kappa shape index (κ2) is 9.81. The van der Waals surface area contributed by atoms with Crippen molar-refractivity contribution in [1.82, 2.24) is 9.88 Å². The molecular formula is C26H23F2N3O4S2. The standard InChI is InChI=1S/C26H23F2N3O4S2/c27-24(28)19-4-1-2-5-20(19)26(33)12-14-31(15-13-26)25(32)17-8-10-18(11-9-17)30-37(34,35)22-7-3-6-21-23(22)29-16-36-21/h1-11,16,24,30,33H,12-15H2. The van der Waals surface area contributed by atoms with E-state index in [-0.39, 0.29) is 47.9 Å². The third-order valence-electron chi connectivity index (χ3n) is 6.57. The van der Waals surface area contributed by atoms with Crippen molar-refractivity contribution in [1.29, 1.82) is 0 Å². The smallest absolute Gasteiger partial charge is 0.264 e. The van der Waals surface area contributed by atoms with Crippen LogP contribution in [0.4, 0.5) is 14.5 Å². The summed E-state index contributed by atoms with van der Waals surface area (Å²) in [7, 11) is -3.89. The summed E-state index contributed by atoms with van der Waals surface area (Å²) in [5.74, 6) is -0.286. The summed E-state index contributed by atoms with van der Waals surface area (Å²) < 4.78 is 56.0. The number of fused-ring (bicyclic) bond motifs is 1. The van der Waals surface area contributed by atoms with E-state index >= 15 is 0 Å². The number of benzene rings is 3. The third kappa shape index (κ3) is 4.94. The van der Waals surface area contributed by atoms with Crippen molar-refractivity contribution in [3.05, 3.63) is 88.9 Å². The van der Waals surface area contributed by atoms with E-state index in [2.05, 4.69) is 9.71 Å². The van der Waals surface area contributed by atoms with Crippen LogP contribution in [0.2, 0.25) is 0 Å². The summed E-state index contributed by atoms with van der Waals surface area (Å²) in [5, 5.41) is 11.1. The van der Waals surface area contributed by atoms with Crippen molar-refractivity contribution in [2.45, 2.75) is 29.8 Å². The summed E-state index contributed by atoms with van der Waals surface area (Å²) in [5.41, 5.74) is 1.18. The Bertz CT molecular complexity index is 1550. The van der Waals surface area contributed by atoms with Gasteiger partial charge in [0.25, 0.3) is 22.4 Å². The predicted molar refractivity (Wildman–Crippen MR) is 137 cm³/mol. The number of nitrogens with zero attached hydrogens (tertiary/aromatic N) is 2. The Hall–Kier alpha value is -3.41. The highest BCUT2D eigenvalue weighted by Crippen LogP contribution is 2.38. The normalized spacial score (nSPS) is 15.7. The number of hydrogen-bond acceptors (Lipinski definition) is 6. The molecule has 0 aliphatic carbocycles. The molecule has 1 amide bonds. The maximum absolute atomic E-state index is 13.4. The van der Waals surface area contributed by atoms with Crippen molar-refractivity contribution in [3.8, 4) is 0 Å². The number of thiazole rings is 1. The highest BCUT2D eigenvalue weighted by molar-refractivity contribution is 7.93. The number of rotatable bonds is 6. The summed E-state index contributed by atoms with van der Waals surface area (Å²) in [6.45, 7) is 0.387. The number of hydrogen-bond donors (Lipinski definition) is 2. The summed E-state index contributed by atoms with van der Waals surface area (Å²) in [6, 6.07) is 16.9. The fourth-order valence-electron chi connectivity index (χ4n) is 4.61. The second-order valence-corrected chi connectivity index (χ2v) is 11.4. The maximum Gasteiger partial charge on any atom is 0.264 e. The van der Waals surface area contributed by atoms with Gasteiger partial charge in [0.05, 0.1) is 15.8 Å². The summed E-state index contributed by atoms with van der Waals surface area (Å²) >= 11 is 1.35. The zero-order valence-electron chi connectivity index (χ0n) is 19.5. The van der Waals surface area contributed by atoms with Crippen molar-refractivity contribution < 1.29 is 27.1 Å². The molecule has 192 valence electrons. The first-order valence-corrected chi connectivity index (χ1v) is 13.9. The van der Waals surface area contributed by atoms with Crippen molar-refractivity contribution in [3.63, 3.8) is 0 Å².